The predicted molar refractivity (Wildman–Crippen MR) is 150 cm³/mol. The van der Waals surface area contributed by atoms with Crippen LogP contribution >= 0.6 is 0 Å². The minimum atomic E-state index is -0.170. The number of ether oxygens (including phenoxy) is 1. The summed E-state index contributed by atoms with van der Waals surface area (Å²) in [5.41, 5.74) is 5.64. The van der Waals surface area contributed by atoms with Crippen LogP contribution in [0.25, 0.3) is 0 Å². The van der Waals surface area contributed by atoms with Gasteiger partial charge in [-0.1, -0.05) is 48.5 Å². The summed E-state index contributed by atoms with van der Waals surface area (Å²) in [5.74, 6) is 1.14. The van der Waals surface area contributed by atoms with E-state index >= 15 is 0 Å². The second-order valence-corrected chi connectivity index (χ2v) is 10.2. The van der Waals surface area contributed by atoms with Crippen LogP contribution in [0.5, 0.6) is 5.75 Å². The SMILES string of the molecule is O=C1CCCc2c1ccc(O[C@H](Cn1ccnc1)c1ccccc1)c2CN1CCN(c2ccccc2)CC1. The fourth-order valence-corrected chi connectivity index (χ4v) is 5.71. The molecular formula is C32H34N4O2. The molecule has 6 heteroatoms. The van der Waals surface area contributed by atoms with Crippen molar-refractivity contribution in [1.82, 2.24) is 14.5 Å². The number of benzene rings is 3. The summed E-state index contributed by atoms with van der Waals surface area (Å²) in [6, 6.07) is 25.0. The van der Waals surface area contributed by atoms with Crippen molar-refractivity contribution < 1.29 is 9.53 Å². The van der Waals surface area contributed by atoms with Gasteiger partial charge in [-0.3, -0.25) is 9.69 Å². The molecule has 0 amide bonds. The summed E-state index contributed by atoms with van der Waals surface area (Å²) >= 11 is 0. The Morgan fingerprint density at radius 2 is 1.63 bits per heavy atom. The van der Waals surface area contributed by atoms with Crippen molar-refractivity contribution in [1.29, 1.82) is 0 Å². The number of imidazole rings is 1. The Balaban J connectivity index is 1.28. The average molecular weight is 507 g/mol. The third-order valence-electron chi connectivity index (χ3n) is 7.77. The fraction of sp³-hybridized carbons (Fsp3) is 0.312. The highest BCUT2D eigenvalue weighted by molar-refractivity contribution is 5.99. The monoisotopic (exact) mass is 506 g/mol. The number of para-hydroxylation sites is 1. The van der Waals surface area contributed by atoms with Crippen LogP contribution < -0.4 is 9.64 Å². The van der Waals surface area contributed by atoms with Gasteiger partial charge in [0, 0.05) is 68.4 Å². The van der Waals surface area contributed by atoms with E-state index in [1.54, 1.807) is 6.20 Å². The number of piperazine rings is 1. The van der Waals surface area contributed by atoms with Crippen molar-refractivity contribution in [3.05, 3.63) is 114 Å². The first-order chi connectivity index (χ1) is 18.7. The van der Waals surface area contributed by atoms with E-state index in [0.717, 1.165) is 62.4 Å². The zero-order chi connectivity index (χ0) is 25.7. The van der Waals surface area contributed by atoms with Crippen molar-refractivity contribution in [3.8, 4) is 5.75 Å². The van der Waals surface area contributed by atoms with Crippen LogP contribution in [0.3, 0.4) is 0 Å². The van der Waals surface area contributed by atoms with Gasteiger partial charge in [0.2, 0.25) is 0 Å². The lowest BCUT2D eigenvalue weighted by atomic mass is 9.86. The number of hydrogen-bond donors (Lipinski definition) is 0. The van der Waals surface area contributed by atoms with E-state index in [1.807, 2.05) is 30.7 Å². The molecule has 2 heterocycles. The van der Waals surface area contributed by atoms with Gasteiger partial charge in [0.25, 0.3) is 0 Å². The topological polar surface area (TPSA) is 50.6 Å². The molecule has 0 saturated carbocycles. The second kappa shape index (κ2) is 11.2. The van der Waals surface area contributed by atoms with Crippen LogP contribution in [0.1, 0.15) is 46.0 Å². The highest BCUT2D eigenvalue weighted by Gasteiger charge is 2.27. The third kappa shape index (κ3) is 5.36. The maximum Gasteiger partial charge on any atom is 0.163 e. The maximum atomic E-state index is 12.8. The molecule has 38 heavy (non-hydrogen) atoms. The first-order valence-electron chi connectivity index (χ1n) is 13.6. The molecule has 1 aliphatic carbocycles. The lowest BCUT2D eigenvalue weighted by Gasteiger charge is -2.37. The maximum absolute atomic E-state index is 12.8. The molecule has 6 nitrogen and oxygen atoms in total. The van der Waals surface area contributed by atoms with Crippen LogP contribution in [0.15, 0.2) is 91.5 Å². The fourth-order valence-electron chi connectivity index (χ4n) is 5.71. The summed E-state index contributed by atoms with van der Waals surface area (Å²) in [6.45, 7) is 5.38. The van der Waals surface area contributed by atoms with Crippen LogP contribution in [0.2, 0.25) is 0 Å². The number of anilines is 1. The largest absolute Gasteiger partial charge is 0.484 e. The van der Waals surface area contributed by atoms with E-state index in [2.05, 4.69) is 73.9 Å². The minimum absolute atomic E-state index is 0.170. The summed E-state index contributed by atoms with van der Waals surface area (Å²) in [5, 5.41) is 0. The number of rotatable bonds is 8. The summed E-state index contributed by atoms with van der Waals surface area (Å²) in [6.07, 6.45) is 7.89. The molecule has 6 rings (SSSR count). The Hall–Kier alpha value is -3.90. The average Bonchev–Trinajstić information content (AvgIpc) is 3.49. The summed E-state index contributed by atoms with van der Waals surface area (Å²) < 4.78 is 8.90. The molecule has 2 aliphatic rings. The van der Waals surface area contributed by atoms with E-state index < -0.39 is 0 Å². The van der Waals surface area contributed by atoms with E-state index in [1.165, 1.54) is 16.8 Å². The zero-order valence-electron chi connectivity index (χ0n) is 21.7. The number of nitrogens with zero attached hydrogens (tertiary/aromatic N) is 4. The van der Waals surface area contributed by atoms with Crippen molar-refractivity contribution in [2.75, 3.05) is 31.1 Å². The minimum Gasteiger partial charge on any atom is -0.484 e. The summed E-state index contributed by atoms with van der Waals surface area (Å²) in [4.78, 5) is 22.0. The molecule has 0 spiro atoms. The van der Waals surface area contributed by atoms with Gasteiger partial charge >= 0.3 is 0 Å². The Bertz CT molecular complexity index is 1350. The molecule has 0 radical (unpaired) electrons. The van der Waals surface area contributed by atoms with Crippen molar-refractivity contribution >= 4 is 11.5 Å². The number of fused-ring (bicyclic) bond motifs is 1. The number of aromatic nitrogens is 2. The lowest BCUT2D eigenvalue weighted by molar-refractivity contribution is 0.0971. The standard InChI is InChI=1S/C32H34N4O2/c37-30-13-7-12-27-28(30)14-15-31(38-32(23-35-17-16-33-24-35)25-8-3-1-4-9-25)29(27)22-34-18-20-36(21-19-34)26-10-5-2-6-11-26/h1-6,8-11,14-17,24,32H,7,12-13,18-23H2/t32-/m1/s1. The number of hydrogen-bond acceptors (Lipinski definition) is 5. The van der Waals surface area contributed by atoms with Gasteiger partial charge in [-0.2, -0.15) is 0 Å². The number of ketones is 1. The van der Waals surface area contributed by atoms with E-state index in [0.29, 0.717) is 13.0 Å². The molecule has 194 valence electrons. The Labute approximate surface area is 224 Å². The van der Waals surface area contributed by atoms with E-state index in [9.17, 15) is 4.79 Å². The molecule has 0 bridgehead atoms. The van der Waals surface area contributed by atoms with Crippen LogP contribution in [-0.2, 0) is 19.5 Å². The van der Waals surface area contributed by atoms with Gasteiger partial charge in [-0.05, 0) is 48.2 Å². The van der Waals surface area contributed by atoms with Gasteiger partial charge in [-0.15, -0.1) is 0 Å². The number of carbonyl (C=O) groups is 1. The molecular weight excluding hydrogens is 472 g/mol. The predicted octanol–water partition coefficient (Wildman–Crippen LogP) is 5.54. The molecule has 1 fully saturated rings. The van der Waals surface area contributed by atoms with Crippen molar-refractivity contribution in [2.24, 2.45) is 0 Å². The van der Waals surface area contributed by atoms with Crippen molar-refractivity contribution in [2.45, 2.75) is 38.5 Å². The third-order valence-corrected chi connectivity index (χ3v) is 7.77. The number of carbonyl (C=O) groups excluding carboxylic acids is 1. The van der Waals surface area contributed by atoms with Crippen LogP contribution in [0.4, 0.5) is 5.69 Å². The molecule has 0 N–H and O–H groups in total. The second-order valence-electron chi connectivity index (χ2n) is 10.2. The molecule has 0 unspecified atom stereocenters. The lowest BCUT2D eigenvalue weighted by Crippen LogP contribution is -2.46. The van der Waals surface area contributed by atoms with Gasteiger partial charge in [0.15, 0.2) is 5.78 Å². The first kappa shape index (κ1) is 24.4. The zero-order valence-corrected chi connectivity index (χ0v) is 21.7. The van der Waals surface area contributed by atoms with E-state index in [4.69, 9.17) is 4.74 Å². The van der Waals surface area contributed by atoms with Crippen LogP contribution in [0, 0.1) is 0 Å². The van der Waals surface area contributed by atoms with Crippen molar-refractivity contribution in [3.63, 3.8) is 0 Å². The van der Waals surface area contributed by atoms with Gasteiger partial charge in [0.1, 0.15) is 11.9 Å². The highest BCUT2D eigenvalue weighted by atomic mass is 16.5. The van der Waals surface area contributed by atoms with Gasteiger partial charge in [0.05, 0.1) is 12.9 Å². The van der Waals surface area contributed by atoms with E-state index in [-0.39, 0.29) is 11.9 Å². The Morgan fingerprint density at radius 1 is 0.868 bits per heavy atom. The quantitative estimate of drug-likeness (QED) is 0.314. The van der Waals surface area contributed by atoms with Gasteiger partial charge < -0.3 is 14.2 Å². The van der Waals surface area contributed by atoms with Gasteiger partial charge in [-0.25, -0.2) is 4.98 Å². The number of Topliss-reactive ketones (excluding diaryl/α,β-unsaturated/α-hetero) is 1. The molecule has 1 aromatic heterocycles. The highest BCUT2D eigenvalue weighted by Crippen LogP contribution is 2.35. The Kier molecular flexibility index (Phi) is 7.22. The molecule has 3 aromatic carbocycles. The molecule has 1 aliphatic heterocycles. The normalized spacial score (nSPS) is 16.7. The summed E-state index contributed by atoms with van der Waals surface area (Å²) in [7, 11) is 0. The first-order valence-corrected chi connectivity index (χ1v) is 13.6. The molecule has 1 atom stereocenters. The van der Waals surface area contributed by atoms with Crippen LogP contribution in [-0.4, -0.2) is 46.4 Å². The smallest absolute Gasteiger partial charge is 0.163 e. The molecule has 1 saturated heterocycles. The Morgan fingerprint density at radius 3 is 2.37 bits per heavy atom. The molecule has 4 aromatic rings.